The first kappa shape index (κ1) is 42.4. The molecule has 0 aliphatic carbocycles. The first-order valence-corrected chi connectivity index (χ1v) is 18.9. The number of benzene rings is 5. The molecule has 0 fully saturated rings. The van der Waals surface area contributed by atoms with Crippen molar-refractivity contribution in [3.8, 4) is 39.7 Å². The largest absolute Gasteiger partial charge is 0.497 e. The molecule has 12 nitrogen and oxygen atoms in total. The number of rotatable bonds is 15. The Balaban J connectivity index is 1.15. The second-order valence-electron chi connectivity index (χ2n) is 14.9. The fourth-order valence-electron chi connectivity index (χ4n) is 6.31. The molecule has 60 heavy (non-hydrogen) atoms. The van der Waals surface area contributed by atoms with Crippen molar-refractivity contribution in [1.29, 1.82) is 0 Å². The smallest absolute Gasteiger partial charge is 0.328 e. The van der Waals surface area contributed by atoms with Crippen LogP contribution in [0.4, 0.5) is 14.5 Å². The summed E-state index contributed by atoms with van der Waals surface area (Å²) in [5, 5.41) is 18.8. The fraction of sp³-hybridized carbons (Fsp3) is 0.217. The number of anilines is 1. The number of hydrogen-bond donors (Lipinski definition) is 3. The van der Waals surface area contributed by atoms with E-state index in [9.17, 15) is 33.1 Å². The van der Waals surface area contributed by atoms with Crippen molar-refractivity contribution in [2.24, 2.45) is 0 Å². The zero-order chi connectivity index (χ0) is 43.2. The standard InChI is InChI=1S/C46H43F2N5O7/c1-28-6-10-30(11-7-28)31-14-16-33(17-15-31)42-50-41(52-60-42)32-12-8-29(9-13-32)26-53(27-40(55)51-45(2,3)44(57)58)43(56)34-18-21-36(22-19-34)49-39(54)24-35-20-23-37(59-5)25-38(35)46(4,47)48/h6-23,25H,24,26-27H2,1-5H3,(H,49,54)(H,51,55)(H,57,58). The van der Waals surface area contributed by atoms with Gasteiger partial charge in [-0.05, 0) is 91.6 Å². The SMILES string of the molecule is COc1ccc(CC(=O)Nc2ccc(C(=O)N(CC(=O)NC(C)(C)C(=O)O)Cc3ccc(-c4noc(-c5ccc(-c6ccc(C)cc6)cc5)n4)cc3)cc2)c(C(C)(F)F)c1. The summed E-state index contributed by atoms with van der Waals surface area (Å²) in [5.41, 5.74) is 4.04. The number of carboxylic acid groups (broad SMARTS) is 1. The van der Waals surface area contributed by atoms with Gasteiger partial charge >= 0.3 is 5.97 Å². The number of nitrogens with zero attached hydrogens (tertiary/aromatic N) is 3. The predicted octanol–water partition coefficient (Wildman–Crippen LogP) is 8.30. The molecule has 3 N–H and O–H groups in total. The lowest BCUT2D eigenvalue weighted by atomic mass is 9.99. The highest BCUT2D eigenvalue weighted by atomic mass is 19.3. The quantitative estimate of drug-likeness (QED) is 0.0925. The Morgan fingerprint density at radius 2 is 1.38 bits per heavy atom. The van der Waals surface area contributed by atoms with Gasteiger partial charge in [0.15, 0.2) is 0 Å². The van der Waals surface area contributed by atoms with Crippen molar-refractivity contribution in [1.82, 2.24) is 20.4 Å². The van der Waals surface area contributed by atoms with Gasteiger partial charge in [0, 0.05) is 41.4 Å². The second kappa shape index (κ2) is 17.7. The maximum Gasteiger partial charge on any atom is 0.328 e. The van der Waals surface area contributed by atoms with Gasteiger partial charge in [-0.1, -0.05) is 77.5 Å². The van der Waals surface area contributed by atoms with Gasteiger partial charge in [0.1, 0.15) is 17.8 Å². The summed E-state index contributed by atoms with van der Waals surface area (Å²) in [6.45, 7) is 4.94. The maximum atomic E-state index is 14.3. The number of carbonyl (C=O) groups is 4. The van der Waals surface area contributed by atoms with E-state index in [2.05, 4.69) is 45.0 Å². The maximum absolute atomic E-state index is 14.3. The number of carboxylic acids is 1. The van der Waals surface area contributed by atoms with Crippen molar-refractivity contribution < 1.29 is 42.3 Å². The Bertz CT molecular complexity index is 2500. The zero-order valence-electron chi connectivity index (χ0n) is 33.6. The molecule has 5 aromatic carbocycles. The van der Waals surface area contributed by atoms with Crippen LogP contribution in [0.15, 0.2) is 120 Å². The van der Waals surface area contributed by atoms with E-state index in [4.69, 9.17) is 9.26 Å². The molecule has 0 radical (unpaired) electrons. The molecule has 6 rings (SSSR count). The zero-order valence-corrected chi connectivity index (χ0v) is 33.6. The summed E-state index contributed by atoms with van der Waals surface area (Å²) in [4.78, 5) is 57.5. The molecule has 0 atom stereocenters. The number of methoxy groups -OCH3 is 1. The topological polar surface area (TPSA) is 164 Å². The number of aryl methyl sites for hydroxylation is 1. The normalized spacial score (nSPS) is 11.4. The Kier molecular flexibility index (Phi) is 12.5. The second-order valence-corrected chi connectivity index (χ2v) is 14.9. The molecule has 1 heterocycles. The van der Waals surface area contributed by atoms with E-state index >= 15 is 0 Å². The van der Waals surface area contributed by atoms with Crippen LogP contribution in [0.25, 0.3) is 34.0 Å². The summed E-state index contributed by atoms with van der Waals surface area (Å²) in [6, 6.07) is 33.0. The van der Waals surface area contributed by atoms with E-state index in [0.29, 0.717) is 28.5 Å². The van der Waals surface area contributed by atoms with E-state index in [1.165, 1.54) is 73.9 Å². The number of ether oxygens (including phenoxy) is 1. The monoisotopic (exact) mass is 815 g/mol. The molecule has 0 spiro atoms. The molecule has 0 aliphatic rings. The van der Waals surface area contributed by atoms with E-state index in [1.807, 2.05) is 31.2 Å². The van der Waals surface area contributed by atoms with Crippen LogP contribution < -0.4 is 15.4 Å². The number of alkyl halides is 2. The third-order valence-corrected chi connectivity index (χ3v) is 9.69. The molecule has 3 amide bonds. The van der Waals surface area contributed by atoms with Crippen molar-refractivity contribution in [2.45, 2.75) is 52.1 Å². The lowest BCUT2D eigenvalue weighted by Crippen LogP contribution is -2.53. The van der Waals surface area contributed by atoms with Crippen LogP contribution in [0.1, 0.15) is 53.4 Å². The molecule has 14 heteroatoms. The van der Waals surface area contributed by atoms with E-state index in [0.717, 1.165) is 23.6 Å². The highest BCUT2D eigenvalue weighted by molar-refractivity contribution is 5.98. The predicted molar refractivity (Wildman–Crippen MR) is 221 cm³/mol. The van der Waals surface area contributed by atoms with Crippen LogP contribution in [-0.4, -0.2) is 63.0 Å². The minimum atomic E-state index is -3.21. The first-order chi connectivity index (χ1) is 28.5. The van der Waals surface area contributed by atoms with E-state index < -0.39 is 41.7 Å². The van der Waals surface area contributed by atoms with Crippen LogP contribution in [0.5, 0.6) is 5.75 Å². The van der Waals surface area contributed by atoms with Gasteiger partial charge in [0.05, 0.1) is 13.5 Å². The highest BCUT2D eigenvalue weighted by Crippen LogP contribution is 2.33. The van der Waals surface area contributed by atoms with Crippen molar-refractivity contribution in [3.05, 3.63) is 143 Å². The Morgan fingerprint density at radius 3 is 1.98 bits per heavy atom. The molecular formula is C46H43F2N5O7. The average Bonchev–Trinajstić information content (AvgIpc) is 3.71. The number of aliphatic carboxylic acids is 1. The van der Waals surface area contributed by atoms with E-state index in [1.54, 1.807) is 24.3 Å². The number of halogens is 2. The minimum absolute atomic E-state index is 0.0321. The summed E-state index contributed by atoms with van der Waals surface area (Å²) in [5.74, 6) is -5.34. The molecule has 1 aromatic heterocycles. The van der Waals surface area contributed by atoms with Gasteiger partial charge in [-0.3, -0.25) is 14.4 Å². The summed E-state index contributed by atoms with van der Waals surface area (Å²) in [6.07, 6.45) is -0.339. The van der Waals surface area contributed by atoms with Crippen LogP contribution in [0, 0.1) is 6.92 Å². The third-order valence-electron chi connectivity index (χ3n) is 9.69. The molecule has 0 unspecified atom stereocenters. The number of nitrogens with one attached hydrogen (secondary N) is 2. The molecule has 0 aliphatic heterocycles. The molecule has 6 aromatic rings. The lowest BCUT2D eigenvalue weighted by Gasteiger charge is -2.26. The van der Waals surface area contributed by atoms with Crippen LogP contribution in [0.3, 0.4) is 0 Å². The first-order valence-electron chi connectivity index (χ1n) is 18.9. The molecule has 308 valence electrons. The van der Waals surface area contributed by atoms with Crippen molar-refractivity contribution in [2.75, 3.05) is 19.0 Å². The number of aromatic nitrogens is 2. The summed E-state index contributed by atoms with van der Waals surface area (Å²) < 4.78 is 39.3. The van der Waals surface area contributed by atoms with Gasteiger partial charge in [0.25, 0.3) is 17.7 Å². The van der Waals surface area contributed by atoms with Gasteiger partial charge < -0.3 is 29.9 Å². The molecule has 0 bridgehead atoms. The van der Waals surface area contributed by atoms with E-state index in [-0.39, 0.29) is 35.4 Å². The fourth-order valence-corrected chi connectivity index (χ4v) is 6.31. The number of carbonyl (C=O) groups excluding carboxylic acids is 3. The highest BCUT2D eigenvalue weighted by Gasteiger charge is 2.31. The Hall–Kier alpha value is -7.22. The number of hydrogen-bond acceptors (Lipinski definition) is 8. The van der Waals surface area contributed by atoms with Crippen LogP contribution in [0.2, 0.25) is 0 Å². The van der Waals surface area contributed by atoms with Gasteiger partial charge in [-0.2, -0.15) is 4.98 Å². The molecular weight excluding hydrogens is 773 g/mol. The molecule has 0 saturated carbocycles. The number of amides is 3. The third kappa shape index (κ3) is 10.4. The van der Waals surface area contributed by atoms with Gasteiger partial charge in [-0.15, -0.1) is 0 Å². The van der Waals surface area contributed by atoms with Gasteiger partial charge in [0.2, 0.25) is 17.6 Å². The lowest BCUT2D eigenvalue weighted by molar-refractivity contribution is -0.146. The average molecular weight is 816 g/mol. The van der Waals surface area contributed by atoms with Gasteiger partial charge in [-0.25, -0.2) is 13.6 Å². The minimum Gasteiger partial charge on any atom is -0.497 e. The van der Waals surface area contributed by atoms with Crippen molar-refractivity contribution >= 4 is 29.4 Å². The Labute approximate surface area is 345 Å². The van der Waals surface area contributed by atoms with Crippen molar-refractivity contribution in [3.63, 3.8) is 0 Å². The molecule has 0 saturated heterocycles. The summed E-state index contributed by atoms with van der Waals surface area (Å²) in [7, 11) is 1.36. The van der Waals surface area contributed by atoms with Crippen LogP contribution >= 0.6 is 0 Å². The van der Waals surface area contributed by atoms with Crippen LogP contribution in [-0.2, 0) is 33.3 Å². The Morgan fingerprint density at radius 1 is 0.783 bits per heavy atom. The summed E-state index contributed by atoms with van der Waals surface area (Å²) >= 11 is 0.